The van der Waals surface area contributed by atoms with Crippen molar-refractivity contribution in [1.29, 1.82) is 0 Å². The van der Waals surface area contributed by atoms with E-state index in [-0.39, 0.29) is 12.1 Å². The molecule has 1 unspecified atom stereocenters. The topological polar surface area (TPSA) is 67.2 Å². The summed E-state index contributed by atoms with van der Waals surface area (Å²) in [6.07, 6.45) is -4.64. The van der Waals surface area contributed by atoms with Crippen LogP contribution >= 0.6 is 0 Å². The minimum absolute atomic E-state index is 0.234. The minimum atomic E-state index is -4.64. The van der Waals surface area contributed by atoms with Gasteiger partial charge in [-0.05, 0) is 68.3 Å². The first-order chi connectivity index (χ1) is 19.0. The van der Waals surface area contributed by atoms with Crippen LogP contribution in [0, 0.1) is 19.7 Å². The van der Waals surface area contributed by atoms with Gasteiger partial charge in [0.05, 0.1) is 16.9 Å². The van der Waals surface area contributed by atoms with Crippen LogP contribution in [-0.4, -0.2) is 34.2 Å². The molecule has 0 saturated heterocycles. The van der Waals surface area contributed by atoms with E-state index in [2.05, 4.69) is 5.32 Å². The average Bonchev–Trinajstić information content (AvgIpc) is 3.27. The minimum Gasteiger partial charge on any atom is -0.339 e. The molecule has 2 amide bonds. The van der Waals surface area contributed by atoms with Crippen LogP contribution in [0.25, 0.3) is 5.69 Å². The molecule has 2 atom stereocenters. The molecule has 10 heteroatoms. The third kappa shape index (κ3) is 4.74. The standard InChI is InChI=1S/C30H26F4N4O2/c1-4-37-28-24(18(3)36-38(28)22-11-6-5-7-12-22)25(19-13-14-23(31)17(2)15-19)26(29(37)40)35-27(39)20-9-8-10-21(16-20)30(32,33)34/h5-16,25-26H,4H2,1-3H3,(H,35,39)/t25-,26?/m0/s1. The number of para-hydroxylation sites is 1. The van der Waals surface area contributed by atoms with Crippen LogP contribution in [0.3, 0.4) is 0 Å². The highest BCUT2D eigenvalue weighted by Gasteiger charge is 2.45. The number of amides is 2. The summed E-state index contributed by atoms with van der Waals surface area (Å²) in [7, 11) is 0. The third-order valence-electron chi connectivity index (χ3n) is 7.11. The number of carbonyl (C=O) groups excluding carboxylic acids is 2. The zero-order valence-corrected chi connectivity index (χ0v) is 22.0. The number of hydrogen-bond donors (Lipinski definition) is 1. The number of hydrogen-bond acceptors (Lipinski definition) is 3. The van der Waals surface area contributed by atoms with Gasteiger partial charge >= 0.3 is 6.18 Å². The van der Waals surface area contributed by atoms with Crippen LogP contribution in [0.1, 0.15) is 51.1 Å². The van der Waals surface area contributed by atoms with Gasteiger partial charge < -0.3 is 5.32 Å². The molecule has 3 aromatic carbocycles. The van der Waals surface area contributed by atoms with Gasteiger partial charge in [0.1, 0.15) is 17.7 Å². The molecule has 0 fully saturated rings. The number of anilines is 1. The first-order valence-electron chi connectivity index (χ1n) is 12.7. The normalized spacial score (nSPS) is 17.1. The molecule has 6 nitrogen and oxygen atoms in total. The lowest BCUT2D eigenvalue weighted by Crippen LogP contribution is -2.55. The highest BCUT2D eigenvalue weighted by Crippen LogP contribution is 2.43. The largest absolute Gasteiger partial charge is 0.416 e. The zero-order valence-electron chi connectivity index (χ0n) is 22.0. The Balaban J connectivity index is 1.67. The quantitative estimate of drug-likeness (QED) is 0.313. The Kier molecular flexibility index (Phi) is 6.95. The van der Waals surface area contributed by atoms with Crippen molar-refractivity contribution in [2.24, 2.45) is 0 Å². The predicted octanol–water partition coefficient (Wildman–Crippen LogP) is 5.94. The van der Waals surface area contributed by atoms with Crippen molar-refractivity contribution in [1.82, 2.24) is 15.1 Å². The summed E-state index contributed by atoms with van der Waals surface area (Å²) >= 11 is 0. The maximum atomic E-state index is 14.3. The molecular weight excluding hydrogens is 524 g/mol. The number of nitrogens with zero attached hydrogens (tertiary/aromatic N) is 3. The number of benzene rings is 3. The first kappa shape index (κ1) is 27.1. The number of likely N-dealkylation sites (N-methyl/N-ethyl adjacent to an activating group) is 1. The lowest BCUT2D eigenvalue weighted by atomic mass is 9.80. The van der Waals surface area contributed by atoms with Crippen molar-refractivity contribution in [3.05, 3.63) is 112 Å². The Hall–Kier alpha value is -4.47. The van der Waals surface area contributed by atoms with E-state index in [1.807, 2.05) is 30.3 Å². The van der Waals surface area contributed by atoms with Gasteiger partial charge in [-0.25, -0.2) is 9.07 Å². The molecule has 0 bridgehead atoms. The van der Waals surface area contributed by atoms with Gasteiger partial charge in [-0.3, -0.25) is 14.5 Å². The number of nitrogens with one attached hydrogen (secondary N) is 1. The Morgan fingerprint density at radius 3 is 2.38 bits per heavy atom. The van der Waals surface area contributed by atoms with Crippen molar-refractivity contribution in [3.8, 4) is 5.69 Å². The first-order valence-corrected chi connectivity index (χ1v) is 12.7. The molecule has 2 heterocycles. The van der Waals surface area contributed by atoms with Crippen LogP contribution in [-0.2, 0) is 11.0 Å². The zero-order chi connectivity index (χ0) is 28.8. The molecule has 1 aliphatic heterocycles. The lowest BCUT2D eigenvalue weighted by Gasteiger charge is -2.38. The van der Waals surface area contributed by atoms with Gasteiger partial charge in [-0.15, -0.1) is 0 Å². The van der Waals surface area contributed by atoms with E-state index in [1.165, 1.54) is 17.0 Å². The van der Waals surface area contributed by atoms with Crippen molar-refractivity contribution in [3.63, 3.8) is 0 Å². The molecule has 0 aliphatic carbocycles. The van der Waals surface area contributed by atoms with E-state index in [1.54, 1.807) is 37.6 Å². The van der Waals surface area contributed by atoms with Crippen LogP contribution in [0.2, 0.25) is 0 Å². The van der Waals surface area contributed by atoms with Gasteiger partial charge in [-0.1, -0.05) is 36.4 Å². The highest BCUT2D eigenvalue weighted by atomic mass is 19.4. The molecule has 4 aromatic rings. The molecule has 1 N–H and O–H groups in total. The summed E-state index contributed by atoms with van der Waals surface area (Å²) in [5, 5.41) is 7.43. The Morgan fingerprint density at radius 2 is 1.73 bits per heavy atom. The maximum Gasteiger partial charge on any atom is 0.416 e. The number of fused-ring (bicyclic) bond motifs is 1. The summed E-state index contributed by atoms with van der Waals surface area (Å²) in [4.78, 5) is 28.9. The van der Waals surface area contributed by atoms with E-state index in [0.717, 1.165) is 23.9 Å². The molecule has 0 saturated carbocycles. The average molecular weight is 551 g/mol. The summed E-state index contributed by atoms with van der Waals surface area (Å²) in [5.41, 5.74) is 1.68. The second-order valence-corrected chi connectivity index (χ2v) is 9.67. The fraction of sp³-hybridized carbons (Fsp3) is 0.233. The predicted molar refractivity (Wildman–Crippen MR) is 142 cm³/mol. The smallest absolute Gasteiger partial charge is 0.339 e. The summed E-state index contributed by atoms with van der Waals surface area (Å²) in [5.74, 6) is -1.98. The van der Waals surface area contributed by atoms with Crippen LogP contribution in [0.5, 0.6) is 0 Å². The third-order valence-corrected chi connectivity index (χ3v) is 7.11. The maximum absolute atomic E-state index is 14.3. The number of alkyl halides is 3. The number of aryl methyl sites for hydroxylation is 2. The summed E-state index contributed by atoms with van der Waals surface area (Å²) in [6, 6.07) is 16.6. The molecule has 5 rings (SSSR count). The Morgan fingerprint density at radius 1 is 1.00 bits per heavy atom. The van der Waals surface area contributed by atoms with Crippen molar-refractivity contribution in [2.45, 2.75) is 38.9 Å². The highest BCUT2D eigenvalue weighted by molar-refractivity contribution is 6.05. The van der Waals surface area contributed by atoms with Crippen molar-refractivity contribution < 1.29 is 27.2 Å². The van der Waals surface area contributed by atoms with E-state index >= 15 is 0 Å². The van der Waals surface area contributed by atoms with E-state index in [4.69, 9.17) is 5.10 Å². The summed E-state index contributed by atoms with van der Waals surface area (Å²) < 4.78 is 55.9. The SMILES string of the molecule is CCN1C(=O)C(NC(=O)c2cccc(C(F)(F)F)c2)[C@@H](c2ccc(F)c(C)c2)c2c(C)nn(-c3ccccc3)c21. The van der Waals surface area contributed by atoms with E-state index in [9.17, 15) is 27.2 Å². The van der Waals surface area contributed by atoms with Gasteiger partial charge in [0.2, 0.25) is 0 Å². The molecule has 206 valence electrons. The lowest BCUT2D eigenvalue weighted by molar-refractivity contribution is -0.137. The van der Waals surface area contributed by atoms with Gasteiger partial charge in [-0.2, -0.15) is 18.3 Å². The molecular formula is C30H26F4N4O2. The van der Waals surface area contributed by atoms with Crippen LogP contribution in [0.15, 0.2) is 72.8 Å². The summed E-state index contributed by atoms with van der Waals surface area (Å²) in [6.45, 7) is 5.42. The Bertz CT molecular complexity index is 1600. The van der Waals surface area contributed by atoms with Gasteiger partial charge in [0.25, 0.3) is 11.8 Å². The van der Waals surface area contributed by atoms with Crippen LogP contribution < -0.4 is 10.2 Å². The second-order valence-electron chi connectivity index (χ2n) is 9.67. The number of carbonyl (C=O) groups is 2. The molecule has 1 aliphatic rings. The molecule has 1 aromatic heterocycles. The van der Waals surface area contributed by atoms with E-state index in [0.29, 0.717) is 28.2 Å². The molecule has 0 radical (unpaired) electrons. The van der Waals surface area contributed by atoms with Crippen LogP contribution in [0.4, 0.5) is 23.4 Å². The second kappa shape index (κ2) is 10.3. The van der Waals surface area contributed by atoms with Gasteiger partial charge in [0, 0.05) is 23.6 Å². The Labute approximate surface area is 228 Å². The van der Waals surface area contributed by atoms with Gasteiger partial charge in [0.15, 0.2) is 0 Å². The van der Waals surface area contributed by atoms with E-state index < -0.39 is 41.3 Å². The number of rotatable bonds is 5. The number of halogens is 4. The molecule has 40 heavy (non-hydrogen) atoms. The molecule has 0 spiro atoms. The van der Waals surface area contributed by atoms with Crippen molar-refractivity contribution >= 4 is 17.6 Å². The fourth-order valence-electron chi connectivity index (χ4n) is 5.21. The van der Waals surface area contributed by atoms with Crippen molar-refractivity contribution in [2.75, 3.05) is 11.4 Å². The number of aromatic nitrogens is 2. The monoisotopic (exact) mass is 550 g/mol. The fourth-order valence-corrected chi connectivity index (χ4v) is 5.21.